The van der Waals surface area contributed by atoms with Gasteiger partial charge in [0.05, 0.1) is 24.0 Å². The van der Waals surface area contributed by atoms with Crippen LogP contribution in [0.25, 0.3) is 0 Å². The van der Waals surface area contributed by atoms with Crippen molar-refractivity contribution in [3.8, 4) is 6.07 Å². The Kier molecular flexibility index (Phi) is 5.50. The van der Waals surface area contributed by atoms with Crippen LogP contribution < -0.4 is 0 Å². The number of thioether (sulfide) groups is 1. The molecule has 0 N–H and O–H groups in total. The summed E-state index contributed by atoms with van der Waals surface area (Å²) in [6.45, 7) is 2.08. The van der Waals surface area contributed by atoms with Crippen LogP contribution in [0.15, 0.2) is 18.2 Å². The Balaban J connectivity index is 2.52. The smallest absolute Gasteiger partial charge is 0.315 e. The molecule has 1 rings (SSSR count). The Morgan fingerprint density at radius 2 is 2.35 bits per heavy atom. The zero-order valence-corrected chi connectivity index (χ0v) is 10.2. The second-order valence-electron chi connectivity index (χ2n) is 3.22. The van der Waals surface area contributed by atoms with Gasteiger partial charge in [-0.05, 0) is 30.7 Å². The van der Waals surface area contributed by atoms with E-state index in [2.05, 4.69) is 0 Å². The Morgan fingerprint density at radius 1 is 1.59 bits per heavy atom. The molecule has 1 aromatic carbocycles. The Labute approximate surface area is 104 Å². The number of ether oxygens (including phenoxy) is 1. The lowest BCUT2D eigenvalue weighted by Crippen LogP contribution is -2.06. The normalized spacial score (nSPS) is 9.71. The number of esters is 1. The number of carbonyl (C=O) groups excluding carboxylic acids is 1. The Bertz CT molecular complexity index is 443. The molecule has 0 heterocycles. The van der Waals surface area contributed by atoms with E-state index in [4.69, 9.17) is 10.00 Å². The van der Waals surface area contributed by atoms with E-state index in [9.17, 15) is 9.18 Å². The molecule has 0 saturated heterocycles. The monoisotopic (exact) mass is 253 g/mol. The van der Waals surface area contributed by atoms with Crippen LogP contribution in [-0.2, 0) is 15.3 Å². The summed E-state index contributed by atoms with van der Waals surface area (Å²) in [6.07, 6.45) is 0. The first kappa shape index (κ1) is 13.5. The number of nitriles is 1. The van der Waals surface area contributed by atoms with Crippen LogP contribution >= 0.6 is 11.8 Å². The van der Waals surface area contributed by atoms with Gasteiger partial charge in [-0.1, -0.05) is 0 Å². The molecule has 0 aliphatic rings. The first-order valence-electron chi connectivity index (χ1n) is 5.09. The average Bonchev–Trinajstić information content (AvgIpc) is 2.32. The number of halogens is 1. The minimum absolute atomic E-state index is 0.185. The molecule has 0 unspecified atom stereocenters. The zero-order chi connectivity index (χ0) is 12.7. The van der Waals surface area contributed by atoms with Crippen LogP contribution in [0.4, 0.5) is 4.39 Å². The average molecular weight is 253 g/mol. The van der Waals surface area contributed by atoms with Crippen molar-refractivity contribution < 1.29 is 13.9 Å². The predicted molar refractivity (Wildman–Crippen MR) is 63.9 cm³/mol. The first-order chi connectivity index (χ1) is 8.17. The summed E-state index contributed by atoms with van der Waals surface area (Å²) in [5.74, 6) is -0.140. The van der Waals surface area contributed by atoms with Gasteiger partial charge in [-0.15, -0.1) is 11.8 Å². The lowest BCUT2D eigenvalue weighted by molar-refractivity contribution is -0.139. The molecule has 1 aromatic rings. The second-order valence-corrected chi connectivity index (χ2v) is 4.20. The van der Waals surface area contributed by atoms with Crippen LogP contribution in [0.3, 0.4) is 0 Å². The van der Waals surface area contributed by atoms with Gasteiger partial charge >= 0.3 is 5.97 Å². The third-order valence-corrected chi connectivity index (χ3v) is 2.91. The first-order valence-corrected chi connectivity index (χ1v) is 6.24. The van der Waals surface area contributed by atoms with Gasteiger partial charge in [0.15, 0.2) is 0 Å². The Hall–Kier alpha value is -1.54. The van der Waals surface area contributed by atoms with E-state index < -0.39 is 0 Å². The summed E-state index contributed by atoms with van der Waals surface area (Å²) < 4.78 is 18.1. The van der Waals surface area contributed by atoms with Gasteiger partial charge in [0, 0.05) is 5.75 Å². The third kappa shape index (κ3) is 4.45. The SMILES string of the molecule is CCOC(=O)CSCc1cc(C#N)ccc1F. The van der Waals surface area contributed by atoms with Crippen molar-refractivity contribution in [3.05, 3.63) is 35.1 Å². The van der Waals surface area contributed by atoms with E-state index in [1.54, 1.807) is 6.92 Å². The highest BCUT2D eigenvalue weighted by molar-refractivity contribution is 7.99. The topological polar surface area (TPSA) is 50.1 Å². The number of rotatable bonds is 5. The fraction of sp³-hybridized carbons (Fsp3) is 0.333. The highest BCUT2D eigenvalue weighted by atomic mass is 32.2. The van der Waals surface area contributed by atoms with E-state index in [1.807, 2.05) is 6.07 Å². The Morgan fingerprint density at radius 3 is 3.00 bits per heavy atom. The summed E-state index contributed by atoms with van der Waals surface area (Å²) in [6, 6.07) is 6.13. The molecule has 0 amide bonds. The van der Waals surface area contributed by atoms with Gasteiger partial charge in [-0.2, -0.15) is 5.26 Å². The molecule has 0 atom stereocenters. The number of hydrogen-bond donors (Lipinski definition) is 0. The van der Waals surface area contributed by atoms with Crippen LogP contribution in [0.5, 0.6) is 0 Å². The molecular formula is C12H12FNO2S. The fourth-order valence-corrected chi connectivity index (χ4v) is 2.00. The summed E-state index contributed by atoms with van der Waals surface area (Å²) in [5, 5.41) is 8.68. The summed E-state index contributed by atoms with van der Waals surface area (Å²) in [5.41, 5.74) is 0.844. The molecule has 0 aliphatic heterocycles. The van der Waals surface area contributed by atoms with Crippen LogP contribution in [0, 0.1) is 17.1 Å². The van der Waals surface area contributed by atoms with Gasteiger partial charge in [0.2, 0.25) is 0 Å². The highest BCUT2D eigenvalue weighted by Crippen LogP contribution is 2.17. The molecule has 0 aliphatic carbocycles. The number of hydrogen-bond acceptors (Lipinski definition) is 4. The number of carbonyl (C=O) groups is 1. The van der Waals surface area contributed by atoms with E-state index in [1.165, 1.54) is 30.0 Å². The largest absolute Gasteiger partial charge is 0.465 e. The van der Waals surface area contributed by atoms with E-state index in [0.717, 1.165) is 0 Å². The molecule has 0 bridgehead atoms. The molecule has 0 radical (unpaired) electrons. The minimum atomic E-state index is -0.361. The van der Waals surface area contributed by atoms with Crippen LogP contribution in [0.1, 0.15) is 18.1 Å². The summed E-state index contributed by atoms with van der Waals surface area (Å²) in [4.78, 5) is 11.1. The molecule has 5 heteroatoms. The van der Waals surface area contributed by atoms with E-state index in [-0.39, 0.29) is 17.5 Å². The zero-order valence-electron chi connectivity index (χ0n) is 9.40. The molecule has 90 valence electrons. The molecule has 17 heavy (non-hydrogen) atoms. The van der Waals surface area contributed by atoms with Crippen molar-refractivity contribution in [3.63, 3.8) is 0 Å². The van der Waals surface area contributed by atoms with Crippen LogP contribution in [0.2, 0.25) is 0 Å². The molecule has 3 nitrogen and oxygen atoms in total. The maximum atomic E-state index is 13.3. The maximum absolute atomic E-state index is 13.3. The molecular weight excluding hydrogens is 241 g/mol. The fourth-order valence-electron chi connectivity index (χ4n) is 1.20. The van der Waals surface area contributed by atoms with Crippen molar-refractivity contribution in [2.45, 2.75) is 12.7 Å². The van der Waals surface area contributed by atoms with Gasteiger partial charge in [0.1, 0.15) is 5.82 Å². The molecule has 0 aromatic heterocycles. The molecule has 0 fully saturated rings. The predicted octanol–water partition coefficient (Wildman–Crippen LogP) is 2.49. The second kappa shape index (κ2) is 6.92. The van der Waals surface area contributed by atoms with Gasteiger partial charge in [-0.3, -0.25) is 4.79 Å². The van der Waals surface area contributed by atoms with Crippen molar-refractivity contribution in [2.24, 2.45) is 0 Å². The van der Waals surface area contributed by atoms with Crippen molar-refractivity contribution in [1.29, 1.82) is 5.26 Å². The number of benzene rings is 1. The lowest BCUT2D eigenvalue weighted by Gasteiger charge is -2.04. The number of nitrogens with zero attached hydrogens (tertiary/aromatic N) is 1. The van der Waals surface area contributed by atoms with Crippen molar-refractivity contribution >= 4 is 17.7 Å². The third-order valence-electron chi connectivity index (χ3n) is 1.96. The lowest BCUT2D eigenvalue weighted by atomic mass is 10.1. The van der Waals surface area contributed by atoms with Crippen molar-refractivity contribution in [1.82, 2.24) is 0 Å². The minimum Gasteiger partial charge on any atom is -0.465 e. The van der Waals surface area contributed by atoms with E-state index in [0.29, 0.717) is 23.5 Å². The van der Waals surface area contributed by atoms with Gasteiger partial charge < -0.3 is 4.74 Å². The summed E-state index contributed by atoms with van der Waals surface area (Å²) in [7, 11) is 0. The summed E-state index contributed by atoms with van der Waals surface area (Å²) >= 11 is 1.26. The molecule has 0 saturated carbocycles. The standard InChI is InChI=1S/C12H12FNO2S/c1-2-16-12(15)8-17-7-10-5-9(6-14)3-4-11(10)13/h3-5H,2,7-8H2,1H3. The van der Waals surface area contributed by atoms with Gasteiger partial charge in [0.25, 0.3) is 0 Å². The molecule has 0 spiro atoms. The highest BCUT2D eigenvalue weighted by Gasteiger charge is 2.06. The van der Waals surface area contributed by atoms with E-state index >= 15 is 0 Å². The quantitative estimate of drug-likeness (QED) is 0.756. The maximum Gasteiger partial charge on any atom is 0.315 e. The van der Waals surface area contributed by atoms with Crippen molar-refractivity contribution in [2.75, 3.05) is 12.4 Å². The van der Waals surface area contributed by atoms with Crippen LogP contribution in [-0.4, -0.2) is 18.3 Å². The van der Waals surface area contributed by atoms with Gasteiger partial charge in [-0.25, -0.2) is 4.39 Å².